The summed E-state index contributed by atoms with van der Waals surface area (Å²) in [6, 6.07) is 16.2. The van der Waals surface area contributed by atoms with Crippen LogP contribution in [0.1, 0.15) is 34.7 Å². The van der Waals surface area contributed by atoms with Gasteiger partial charge in [0.1, 0.15) is 27.9 Å². The van der Waals surface area contributed by atoms with Crippen LogP contribution in [0.4, 0.5) is 0 Å². The van der Waals surface area contributed by atoms with E-state index in [-0.39, 0.29) is 6.01 Å². The van der Waals surface area contributed by atoms with E-state index in [4.69, 9.17) is 4.74 Å². The number of benzene rings is 1. The van der Waals surface area contributed by atoms with E-state index >= 15 is 0 Å². The van der Waals surface area contributed by atoms with Crippen molar-refractivity contribution in [3.63, 3.8) is 0 Å². The summed E-state index contributed by atoms with van der Waals surface area (Å²) in [7, 11) is 0. The van der Waals surface area contributed by atoms with Gasteiger partial charge in [0, 0.05) is 12.4 Å². The third-order valence-corrected chi connectivity index (χ3v) is 5.35. The van der Waals surface area contributed by atoms with Gasteiger partial charge in [-0.2, -0.15) is 10.2 Å². The molecular formula is C21H17N5OS. The van der Waals surface area contributed by atoms with Crippen molar-refractivity contribution in [3.05, 3.63) is 76.7 Å². The fourth-order valence-electron chi connectivity index (χ4n) is 2.76. The van der Waals surface area contributed by atoms with Crippen LogP contribution in [0.25, 0.3) is 10.3 Å². The molecule has 0 amide bonds. The standard InChI is InChI=1S/C21H17N5OS/c1-2-14-5-7-15(8-6-14)13-27-21-24-11-9-17(26-21)16(12-22)19-25-18-4-3-10-23-20(18)28-19/h3-11,16H,2,13H2,1H3. The van der Waals surface area contributed by atoms with Crippen LogP contribution in [-0.2, 0) is 13.0 Å². The van der Waals surface area contributed by atoms with Crippen LogP contribution in [0, 0.1) is 11.3 Å². The number of nitrogens with zero attached hydrogens (tertiary/aromatic N) is 5. The number of hydrogen-bond acceptors (Lipinski definition) is 7. The Kier molecular flexibility index (Phi) is 5.22. The number of thiazole rings is 1. The average molecular weight is 387 g/mol. The van der Waals surface area contributed by atoms with E-state index in [1.54, 1.807) is 18.5 Å². The Morgan fingerprint density at radius 1 is 1.04 bits per heavy atom. The molecule has 0 aliphatic rings. The highest BCUT2D eigenvalue weighted by Gasteiger charge is 2.21. The molecule has 1 atom stereocenters. The van der Waals surface area contributed by atoms with E-state index in [0.717, 1.165) is 22.3 Å². The summed E-state index contributed by atoms with van der Waals surface area (Å²) in [4.78, 5) is 18.2. The Bertz CT molecular complexity index is 1100. The minimum Gasteiger partial charge on any atom is -0.459 e. The van der Waals surface area contributed by atoms with Gasteiger partial charge in [-0.05, 0) is 35.7 Å². The van der Waals surface area contributed by atoms with Gasteiger partial charge in [0.2, 0.25) is 0 Å². The van der Waals surface area contributed by atoms with Crippen molar-refractivity contribution < 1.29 is 4.74 Å². The van der Waals surface area contributed by atoms with Gasteiger partial charge >= 0.3 is 6.01 Å². The van der Waals surface area contributed by atoms with Crippen LogP contribution in [0.15, 0.2) is 54.9 Å². The molecule has 0 saturated heterocycles. The normalized spacial score (nSPS) is 11.9. The molecule has 0 saturated carbocycles. The lowest BCUT2D eigenvalue weighted by molar-refractivity contribution is 0.279. The minimum atomic E-state index is -0.589. The molecule has 1 aromatic carbocycles. The van der Waals surface area contributed by atoms with Gasteiger partial charge in [-0.1, -0.05) is 42.5 Å². The van der Waals surface area contributed by atoms with Crippen molar-refractivity contribution in [2.75, 3.05) is 0 Å². The van der Waals surface area contributed by atoms with Crippen molar-refractivity contribution in [3.8, 4) is 12.1 Å². The number of ether oxygens (including phenoxy) is 1. The maximum Gasteiger partial charge on any atom is 0.316 e. The molecule has 4 aromatic rings. The van der Waals surface area contributed by atoms with E-state index in [0.29, 0.717) is 17.3 Å². The fraction of sp³-hybridized carbons (Fsp3) is 0.190. The monoisotopic (exact) mass is 387 g/mol. The minimum absolute atomic E-state index is 0.247. The van der Waals surface area contributed by atoms with Gasteiger partial charge in [0.05, 0.1) is 11.8 Å². The molecule has 1 unspecified atom stereocenters. The van der Waals surface area contributed by atoms with Gasteiger partial charge < -0.3 is 4.74 Å². The summed E-state index contributed by atoms with van der Waals surface area (Å²) in [5.74, 6) is -0.589. The molecule has 0 aliphatic carbocycles. The van der Waals surface area contributed by atoms with Crippen LogP contribution in [0.2, 0.25) is 0 Å². The van der Waals surface area contributed by atoms with Gasteiger partial charge in [-0.15, -0.1) is 0 Å². The maximum atomic E-state index is 9.70. The molecule has 6 nitrogen and oxygen atoms in total. The first-order valence-electron chi connectivity index (χ1n) is 8.91. The van der Waals surface area contributed by atoms with Crippen LogP contribution in [0.3, 0.4) is 0 Å². The molecule has 0 aliphatic heterocycles. The Morgan fingerprint density at radius 2 is 1.86 bits per heavy atom. The van der Waals surface area contributed by atoms with Crippen LogP contribution < -0.4 is 4.74 Å². The summed E-state index contributed by atoms with van der Waals surface area (Å²) < 4.78 is 5.73. The number of hydrogen-bond donors (Lipinski definition) is 0. The second kappa shape index (κ2) is 8.11. The number of nitriles is 1. The molecule has 4 rings (SSSR count). The topological polar surface area (TPSA) is 84.6 Å². The first kappa shape index (κ1) is 18.0. The molecule has 0 N–H and O–H groups in total. The molecule has 28 heavy (non-hydrogen) atoms. The van der Waals surface area contributed by atoms with E-state index < -0.39 is 5.92 Å². The smallest absolute Gasteiger partial charge is 0.316 e. The van der Waals surface area contributed by atoms with Gasteiger partial charge in [-0.25, -0.2) is 15.0 Å². The van der Waals surface area contributed by atoms with Gasteiger partial charge in [0.15, 0.2) is 0 Å². The zero-order chi connectivity index (χ0) is 19.3. The Labute approximate surface area is 166 Å². The van der Waals surface area contributed by atoms with E-state index in [1.165, 1.54) is 16.9 Å². The third kappa shape index (κ3) is 3.82. The molecule has 3 heterocycles. The summed E-state index contributed by atoms with van der Waals surface area (Å²) in [5.41, 5.74) is 3.67. The lowest BCUT2D eigenvalue weighted by atomic mass is 10.1. The van der Waals surface area contributed by atoms with E-state index in [1.807, 2.05) is 24.3 Å². The largest absolute Gasteiger partial charge is 0.459 e. The van der Waals surface area contributed by atoms with Crippen molar-refractivity contribution in [2.24, 2.45) is 0 Å². The van der Waals surface area contributed by atoms with E-state index in [9.17, 15) is 5.26 Å². The highest BCUT2D eigenvalue weighted by atomic mass is 32.1. The third-order valence-electron chi connectivity index (χ3n) is 4.31. The van der Waals surface area contributed by atoms with Gasteiger partial charge in [0.25, 0.3) is 0 Å². The second-order valence-electron chi connectivity index (χ2n) is 6.16. The number of aromatic nitrogens is 4. The van der Waals surface area contributed by atoms with Crippen LogP contribution in [0.5, 0.6) is 6.01 Å². The lowest BCUT2D eigenvalue weighted by Gasteiger charge is -2.08. The van der Waals surface area contributed by atoms with Crippen molar-refractivity contribution in [1.82, 2.24) is 19.9 Å². The van der Waals surface area contributed by atoms with E-state index in [2.05, 4.69) is 45.1 Å². The van der Waals surface area contributed by atoms with Crippen molar-refractivity contribution in [2.45, 2.75) is 25.9 Å². The highest BCUT2D eigenvalue weighted by Crippen LogP contribution is 2.30. The first-order valence-corrected chi connectivity index (χ1v) is 9.73. The summed E-state index contributed by atoms with van der Waals surface area (Å²) >= 11 is 1.40. The fourth-order valence-corrected chi connectivity index (χ4v) is 3.73. The average Bonchev–Trinajstić information content (AvgIpc) is 3.17. The molecule has 0 bridgehead atoms. The van der Waals surface area contributed by atoms with Crippen molar-refractivity contribution >= 4 is 21.7 Å². The SMILES string of the molecule is CCc1ccc(COc2nccc(C(C#N)c3nc4cccnc4s3)n2)cc1. The molecule has 3 aromatic heterocycles. The number of pyridine rings is 1. The number of rotatable bonds is 6. The molecular weight excluding hydrogens is 370 g/mol. The summed E-state index contributed by atoms with van der Waals surface area (Å²) in [6.07, 6.45) is 4.33. The maximum absolute atomic E-state index is 9.70. The molecule has 0 radical (unpaired) electrons. The zero-order valence-corrected chi connectivity index (χ0v) is 16.1. The molecule has 138 valence electrons. The quantitative estimate of drug-likeness (QED) is 0.491. The first-order chi connectivity index (χ1) is 13.8. The molecule has 0 spiro atoms. The van der Waals surface area contributed by atoms with Gasteiger partial charge in [-0.3, -0.25) is 0 Å². The predicted molar refractivity (Wildman–Crippen MR) is 107 cm³/mol. The van der Waals surface area contributed by atoms with Crippen molar-refractivity contribution in [1.29, 1.82) is 5.26 Å². The molecule has 7 heteroatoms. The van der Waals surface area contributed by atoms with Crippen LogP contribution in [-0.4, -0.2) is 19.9 Å². The summed E-state index contributed by atoms with van der Waals surface area (Å²) in [5, 5.41) is 10.4. The summed E-state index contributed by atoms with van der Waals surface area (Å²) in [6.45, 7) is 2.49. The van der Waals surface area contributed by atoms with Crippen LogP contribution >= 0.6 is 11.3 Å². The Balaban J connectivity index is 1.53. The lowest BCUT2D eigenvalue weighted by Crippen LogP contribution is -2.05. The number of aryl methyl sites for hydroxylation is 1. The Morgan fingerprint density at radius 3 is 2.61 bits per heavy atom. The Hall–Kier alpha value is -3.37. The number of fused-ring (bicyclic) bond motifs is 1. The highest BCUT2D eigenvalue weighted by molar-refractivity contribution is 7.18. The molecule has 0 fully saturated rings. The zero-order valence-electron chi connectivity index (χ0n) is 15.2. The predicted octanol–water partition coefficient (Wildman–Crippen LogP) is 4.28. The second-order valence-corrected chi connectivity index (χ2v) is 7.17.